The van der Waals surface area contributed by atoms with Crippen molar-refractivity contribution >= 4 is 29.2 Å². The predicted molar refractivity (Wildman–Crippen MR) is 109 cm³/mol. The molecule has 31 heavy (non-hydrogen) atoms. The largest absolute Gasteiger partial charge is 0.573 e. The number of hydrogen-bond acceptors (Lipinski definition) is 6. The van der Waals surface area contributed by atoms with Crippen LogP contribution in [0.25, 0.3) is 0 Å². The molecule has 0 bridgehead atoms. The molecule has 1 aliphatic carbocycles. The number of amides is 2. The van der Waals surface area contributed by atoms with E-state index >= 15 is 0 Å². The molecule has 1 saturated carbocycles. The van der Waals surface area contributed by atoms with Crippen LogP contribution in [0.5, 0.6) is 5.75 Å². The Morgan fingerprint density at radius 3 is 2.48 bits per heavy atom. The van der Waals surface area contributed by atoms with Crippen LogP contribution in [0.4, 0.5) is 41.1 Å². The van der Waals surface area contributed by atoms with E-state index in [1.54, 1.807) is 18.3 Å². The summed E-state index contributed by atoms with van der Waals surface area (Å²) in [4.78, 5) is 23.3. The van der Waals surface area contributed by atoms with E-state index in [0.29, 0.717) is 23.7 Å². The van der Waals surface area contributed by atoms with Crippen molar-refractivity contribution in [3.63, 3.8) is 0 Å². The lowest BCUT2D eigenvalue weighted by Gasteiger charge is -2.45. The average molecular weight is 436 g/mol. The maximum absolute atomic E-state index is 12.8. The molecule has 2 heterocycles. The summed E-state index contributed by atoms with van der Waals surface area (Å²) in [6.45, 7) is 2.43. The van der Waals surface area contributed by atoms with Crippen LogP contribution < -0.4 is 20.0 Å². The zero-order valence-electron chi connectivity index (χ0n) is 17.2. The van der Waals surface area contributed by atoms with Crippen molar-refractivity contribution in [2.24, 2.45) is 0 Å². The molecule has 4 rings (SSSR count). The maximum atomic E-state index is 12.8. The van der Waals surface area contributed by atoms with Gasteiger partial charge in [-0.05, 0) is 44.0 Å². The van der Waals surface area contributed by atoms with Gasteiger partial charge >= 0.3 is 12.4 Å². The summed E-state index contributed by atoms with van der Waals surface area (Å²) in [5, 5.41) is 6.67. The zero-order chi connectivity index (χ0) is 22.2. The van der Waals surface area contributed by atoms with E-state index in [2.05, 4.69) is 20.0 Å². The Kier molecular flexibility index (Phi) is 5.50. The molecule has 1 fully saturated rings. The van der Waals surface area contributed by atoms with E-state index in [0.717, 1.165) is 25.7 Å². The Morgan fingerprint density at radius 2 is 1.87 bits per heavy atom. The van der Waals surface area contributed by atoms with Gasteiger partial charge in [0, 0.05) is 19.3 Å². The number of rotatable bonds is 5. The molecule has 2 aliphatic rings. The topological polar surface area (TPSA) is 73.8 Å². The number of nitrogens with zero attached hydrogens (tertiary/aromatic N) is 5. The summed E-state index contributed by atoms with van der Waals surface area (Å²) < 4.78 is 40.9. The Balaban J connectivity index is 1.62. The second-order valence-corrected chi connectivity index (χ2v) is 7.44. The molecule has 1 aromatic heterocycles. The molecular formula is C20H23F3N6O2. The molecule has 2 aromatic rings. The average Bonchev–Trinajstić information content (AvgIpc) is 3.25. The number of aromatic nitrogens is 2. The van der Waals surface area contributed by atoms with Crippen LogP contribution in [-0.4, -0.2) is 47.0 Å². The smallest absolute Gasteiger partial charge is 0.406 e. The van der Waals surface area contributed by atoms with Gasteiger partial charge in [0.15, 0.2) is 5.82 Å². The van der Waals surface area contributed by atoms with E-state index in [-0.39, 0.29) is 23.8 Å². The normalized spacial score (nSPS) is 17.2. The fraction of sp³-hybridized carbons (Fsp3) is 0.450. The Bertz CT molecular complexity index is 947. The summed E-state index contributed by atoms with van der Waals surface area (Å²) >= 11 is 0. The summed E-state index contributed by atoms with van der Waals surface area (Å²) in [6.07, 6.45) is 0.982. The third kappa shape index (κ3) is 4.30. The van der Waals surface area contributed by atoms with Gasteiger partial charge in [-0.3, -0.25) is 9.91 Å². The van der Waals surface area contributed by atoms with E-state index in [9.17, 15) is 18.0 Å². The standard InChI is InChI=1S/C20H23F3N6O2/c1-3-28-19(30)27(2)16-12-24-18(26-17(16)29(28)14-6-4-5-7-14)25-13-8-10-15(11-9-13)31-20(21,22)23/h8-12,14H,3-7H2,1-2H3,(H,24,25,26). The first kappa shape index (κ1) is 21.0. The van der Waals surface area contributed by atoms with Crippen LogP contribution in [0.15, 0.2) is 30.5 Å². The molecule has 1 aliphatic heterocycles. The highest BCUT2D eigenvalue weighted by atomic mass is 19.4. The lowest BCUT2D eigenvalue weighted by molar-refractivity contribution is -0.274. The first-order valence-corrected chi connectivity index (χ1v) is 10.1. The van der Waals surface area contributed by atoms with Crippen LogP contribution in [0.2, 0.25) is 0 Å². The molecule has 1 aromatic carbocycles. The molecule has 0 atom stereocenters. The number of carbonyl (C=O) groups excluding carboxylic acids is 1. The first-order chi connectivity index (χ1) is 14.8. The molecule has 0 radical (unpaired) electrons. The minimum Gasteiger partial charge on any atom is -0.406 e. The second-order valence-electron chi connectivity index (χ2n) is 7.44. The van der Waals surface area contributed by atoms with E-state index in [4.69, 9.17) is 0 Å². The number of hydrogen-bond donors (Lipinski definition) is 1. The van der Waals surface area contributed by atoms with Crippen molar-refractivity contribution in [1.29, 1.82) is 0 Å². The number of halogens is 3. The molecule has 8 nitrogen and oxygen atoms in total. The minimum absolute atomic E-state index is 0.133. The molecule has 0 saturated heterocycles. The minimum atomic E-state index is -4.74. The Labute approximate surface area is 177 Å². The lowest BCUT2D eigenvalue weighted by Crippen LogP contribution is -2.59. The fourth-order valence-corrected chi connectivity index (χ4v) is 3.99. The van der Waals surface area contributed by atoms with Crippen LogP contribution in [0.3, 0.4) is 0 Å². The highest BCUT2D eigenvalue weighted by Crippen LogP contribution is 2.39. The quantitative estimate of drug-likeness (QED) is 0.734. The van der Waals surface area contributed by atoms with Crippen molar-refractivity contribution in [3.05, 3.63) is 30.5 Å². The number of ether oxygens (including phenoxy) is 1. The third-order valence-corrected chi connectivity index (χ3v) is 5.41. The van der Waals surface area contributed by atoms with Gasteiger partial charge in [0.05, 0.1) is 12.2 Å². The molecule has 166 valence electrons. The predicted octanol–water partition coefficient (Wildman–Crippen LogP) is 4.67. The van der Waals surface area contributed by atoms with Gasteiger partial charge in [-0.25, -0.2) is 14.8 Å². The van der Waals surface area contributed by atoms with Crippen LogP contribution in [0, 0.1) is 0 Å². The van der Waals surface area contributed by atoms with Gasteiger partial charge in [-0.1, -0.05) is 12.8 Å². The second kappa shape index (κ2) is 8.12. The lowest BCUT2D eigenvalue weighted by atomic mass is 10.2. The van der Waals surface area contributed by atoms with Crippen LogP contribution in [-0.2, 0) is 0 Å². The van der Waals surface area contributed by atoms with Crippen molar-refractivity contribution in [2.45, 2.75) is 45.0 Å². The van der Waals surface area contributed by atoms with Gasteiger partial charge in [-0.15, -0.1) is 13.2 Å². The van der Waals surface area contributed by atoms with Crippen LogP contribution >= 0.6 is 0 Å². The van der Waals surface area contributed by atoms with Crippen LogP contribution in [0.1, 0.15) is 32.6 Å². The van der Waals surface area contributed by atoms with Gasteiger partial charge in [0.1, 0.15) is 11.4 Å². The summed E-state index contributed by atoms with van der Waals surface area (Å²) in [7, 11) is 1.69. The molecule has 2 amide bonds. The highest BCUT2D eigenvalue weighted by Gasteiger charge is 2.39. The van der Waals surface area contributed by atoms with Gasteiger partial charge in [-0.2, -0.15) is 4.98 Å². The molecule has 1 N–H and O–H groups in total. The zero-order valence-corrected chi connectivity index (χ0v) is 17.2. The number of fused-ring (bicyclic) bond motifs is 1. The number of benzene rings is 1. The van der Waals surface area contributed by atoms with Crippen molar-refractivity contribution in [2.75, 3.05) is 28.8 Å². The Morgan fingerprint density at radius 1 is 1.19 bits per heavy atom. The van der Waals surface area contributed by atoms with Crippen molar-refractivity contribution < 1.29 is 22.7 Å². The van der Waals surface area contributed by atoms with Crippen molar-refractivity contribution in [3.8, 4) is 5.75 Å². The van der Waals surface area contributed by atoms with E-state index < -0.39 is 6.36 Å². The van der Waals surface area contributed by atoms with Crippen molar-refractivity contribution in [1.82, 2.24) is 15.0 Å². The van der Waals surface area contributed by atoms with Gasteiger partial charge in [0.2, 0.25) is 5.95 Å². The summed E-state index contributed by atoms with van der Waals surface area (Å²) in [5.41, 5.74) is 1.12. The van der Waals surface area contributed by atoms with Gasteiger partial charge < -0.3 is 10.1 Å². The van der Waals surface area contributed by atoms with E-state index in [1.165, 1.54) is 29.2 Å². The highest BCUT2D eigenvalue weighted by molar-refractivity contribution is 5.98. The SMILES string of the molecule is CCN1C(=O)N(C)c2cnc(Nc3ccc(OC(F)(F)F)cc3)nc2N1C1CCCC1. The molecule has 0 spiro atoms. The summed E-state index contributed by atoms with van der Waals surface area (Å²) in [6, 6.07) is 5.37. The number of carbonyl (C=O) groups is 1. The van der Waals surface area contributed by atoms with E-state index in [1.807, 2.05) is 11.9 Å². The van der Waals surface area contributed by atoms with Gasteiger partial charge in [0.25, 0.3) is 0 Å². The first-order valence-electron chi connectivity index (χ1n) is 10.1. The monoisotopic (exact) mass is 436 g/mol. The molecular weight excluding hydrogens is 413 g/mol. The molecule has 11 heteroatoms. The number of nitrogens with one attached hydrogen (secondary N) is 1. The fourth-order valence-electron chi connectivity index (χ4n) is 3.99. The summed E-state index contributed by atoms with van der Waals surface area (Å²) in [5.74, 6) is 0.603. The molecule has 0 unspecified atom stereocenters. The Hall–Kier alpha value is -3.24. The number of anilines is 4. The third-order valence-electron chi connectivity index (χ3n) is 5.41. The number of alkyl halides is 3. The number of hydrazine groups is 1. The number of urea groups is 1. The maximum Gasteiger partial charge on any atom is 0.573 e.